The second kappa shape index (κ2) is 8.77. The van der Waals surface area contributed by atoms with Gasteiger partial charge in [0.15, 0.2) is 0 Å². The van der Waals surface area contributed by atoms with Crippen molar-refractivity contribution in [3.8, 4) is 5.75 Å². The fraction of sp³-hybridized carbons (Fsp3) is 0.250. The van der Waals surface area contributed by atoms with Crippen molar-refractivity contribution in [2.75, 3.05) is 30.4 Å². The molecule has 0 aliphatic rings. The molecule has 2 aromatic rings. The molecule has 0 unspecified atom stereocenters. The summed E-state index contributed by atoms with van der Waals surface area (Å²) in [6.45, 7) is 6.18. The van der Waals surface area contributed by atoms with Gasteiger partial charge in [-0.1, -0.05) is 18.2 Å². The van der Waals surface area contributed by atoms with Gasteiger partial charge >= 0.3 is 0 Å². The van der Waals surface area contributed by atoms with Gasteiger partial charge in [0.25, 0.3) is 0 Å². The molecule has 0 heterocycles. The number of para-hydroxylation sites is 1. The van der Waals surface area contributed by atoms with Gasteiger partial charge in [0, 0.05) is 36.1 Å². The highest BCUT2D eigenvalue weighted by molar-refractivity contribution is 6.02. The number of carbonyl (C=O) groups excluding carboxylic acids is 1. The number of hydrogen-bond acceptors (Lipinski definition) is 3. The summed E-state index contributed by atoms with van der Waals surface area (Å²) in [5.74, 6) is 0.571. The van der Waals surface area contributed by atoms with E-state index >= 15 is 0 Å². The lowest BCUT2D eigenvalue weighted by molar-refractivity contribution is -0.111. The van der Waals surface area contributed by atoms with Crippen LogP contribution in [0.15, 0.2) is 54.6 Å². The minimum Gasteiger partial charge on any atom is -0.496 e. The van der Waals surface area contributed by atoms with Gasteiger partial charge in [-0.15, -0.1) is 0 Å². The Labute approximate surface area is 143 Å². The van der Waals surface area contributed by atoms with Crippen molar-refractivity contribution in [2.24, 2.45) is 0 Å². The SMILES string of the molecule is CCN(CC)c1ccc(NC(=O)/C=C/c2ccccc2OC)cc1. The summed E-state index contributed by atoms with van der Waals surface area (Å²) in [6.07, 6.45) is 3.26. The van der Waals surface area contributed by atoms with Gasteiger partial charge < -0.3 is 15.0 Å². The number of carbonyl (C=O) groups is 1. The van der Waals surface area contributed by atoms with E-state index in [2.05, 4.69) is 24.1 Å². The van der Waals surface area contributed by atoms with Crippen LogP contribution in [0.25, 0.3) is 6.08 Å². The second-order valence-corrected chi connectivity index (χ2v) is 5.28. The average molecular weight is 324 g/mol. The molecule has 4 heteroatoms. The molecule has 4 nitrogen and oxygen atoms in total. The Hall–Kier alpha value is -2.75. The zero-order valence-corrected chi connectivity index (χ0v) is 14.5. The molecule has 0 saturated heterocycles. The zero-order valence-electron chi connectivity index (χ0n) is 14.5. The van der Waals surface area contributed by atoms with E-state index < -0.39 is 0 Å². The highest BCUT2D eigenvalue weighted by atomic mass is 16.5. The smallest absolute Gasteiger partial charge is 0.248 e. The van der Waals surface area contributed by atoms with Gasteiger partial charge in [0.05, 0.1) is 7.11 Å². The number of nitrogens with one attached hydrogen (secondary N) is 1. The van der Waals surface area contributed by atoms with E-state index in [1.165, 1.54) is 6.08 Å². The van der Waals surface area contributed by atoms with Gasteiger partial charge in [-0.25, -0.2) is 0 Å². The molecule has 0 saturated carbocycles. The van der Waals surface area contributed by atoms with Crippen LogP contribution >= 0.6 is 0 Å². The van der Waals surface area contributed by atoms with E-state index in [0.717, 1.165) is 35.8 Å². The molecule has 0 radical (unpaired) electrons. The molecule has 0 aliphatic carbocycles. The molecule has 24 heavy (non-hydrogen) atoms. The summed E-state index contributed by atoms with van der Waals surface area (Å²) in [5, 5.41) is 2.87. The molecular formula is C20H24N2O2. The van der Waals surface area contributed by atoms with E-state index in [4.69, 9.17) is 4.74 Å². The monoisotopic (exact) mass is 324 g/mol. The van der Waals surface area contributed by atoms with E-state index in [9.17, 15) is 4.79 Å². The average Bonchev–Trinajstić information content (AvgIpc) is 2.62. The highest BCUT2D eigenvalue weighted by Gasteiger charge is 2.03. The minimum atomic E-state index is -0.170. The first-order chi connectivity index (χ1) is 11.7. The van der Waals surface area contributed by atoms with Crippen LogP contribution in [0.4, 0.5) is 11.4 Å². The van der Waals surface area contributed by atoms with Crippen LogP contribution in [0.5, 0.6) is 5.75 Å². The molecular weight excluding hydrogens is 300 g/mol. The molecule has 1 N–H and O–H groups in total. The maximum atomic E-state index is 12.1. The lowest BCUT2D eigenvalue weighted by Crippen LogP contribution is -2.21. The molecule has 0 spiro atoms. The van der Waals surface area contributed by atoms with Crippen molar-refractivity contribution in [3.05, 3.63) is 60.2 Å². The summed E-state index contributed by atoms with van der Waals surface area (Å²) in [4.78, 5) is 14.3. The van der Waals surface area contributed by atoms with Gasteiger partial charge in [-0.3, -0.25) is 4.79 Å². The van der Waals surface area contributed by atoms with Gasteiger partial charge in [0.1, 0.15) is 5.75 Å². The number of methoxy groups -OCH3 is 1. The lowest BCUT2D eigenvalue weighted by Gasteiger charge is -2.21. The maximum Gasteiger partial charge on any atom is 0.248 e. The van der Waals surface area contributed by atoms with E-state index in [-0.39, 0.29) is 5.91 Å². The Morgan fingerprint density at radius 1 is 1.08 bits per heavy atom. The minimum absolute atomic E-state index is 0.170. The third-order valence-corrected chi connectivity index (χ3v) is 3.82. The topological polar surface area (TPSA) is 41.6 Å². The molecule has 0 fully saturated rings. The van der Waals surface area contributed by atoms with Crippen molar-refractivity contribution >= 4 is 23.4 Å². The van der Waals surface area contributed by atoms with Crippen LogP contribution in [-0.2, 0) is 4.79 Å². The Morgan fingerprint density at radius 3 is 2.38 bits per heavy atom. The van der Waals surface area contributed by atoms with Crippen LogP contribution < -0.4 is 15.0 Å². The quantitative estimate of drug-likeness (QED) is 0.776. The molecule has 126 valence electrons. The number of hydrogen-bond donors (Lipinski definition) is 1. The highest BCUT2D eigenvalue weighted by Crippen LogP contribution is 2.19. The predicted molar refractivity (Wildman–Crippen MR) is 101 cm³/mol. The second-order valence-electron chi connectivity index (χ2n) is 5.28. The van der Waals surface area contributed by atoms with Crippen molar-refractivity contribution in [2.45, 2.75) is 13.8 Å². The number of rotatable bonds is 7. The molecule has 2 aromatic carbocycles. The van der Waals surface area contributed by atoms with Gasteiger partial charge in [0.2, 0.25) is 5.91 Å². The van der Waals surface area contributed by atoms with Gasteiger partial charge in [-0.05, 0) is 50.3 Å². The van der Waals surface area contributed by atoms with Crippen molar-refractivity contribution in [1.29, 1.82) is 0 Å². The van der Waals surface area contributed by atoms with Crippen LogP contribution in [0.3, 0.4) is 0 Å². The number of amides is 1. The summed E-state index contributed by atoms with van der Waals surface area (Å²) in [7, 11) is 1.62. The Balaban J connectivity index is 2.00. The standard InChI is InChI=1S/C20H24N2O2/c1-4-22(5-2)18-13-11-17(12-14-18)21-20(23)15-10-16-8-6-7-9-19(16)24-3/h6-15H,4-5H2,1-3H3,(H,21,23)/b15-10+. The number of benzene rings is 2. The lowest BCUT2D eigenvalue weighted by atomic mass is 10.2. The van der Waals surface area contributed by atoms with E-state index in [1.807, 2.05) is 48.5 Å². The van der Waals surface area contributed by atoms with Crippen molar-refractivity contribution < 1.29 is 9.53 Å². The first-order valence-electron chi connectivity index (χ1n) is 8.15. The number of nitrogens with zero attached hydrogens (tertiary/aromatic N) is 1. The largest absolute Gasteiger partial charge is 0.496 e. The van der Waals surface area contributed by atoms with Crippen molar-refractivity contribution in [3.63, 3.8) is 0 Å². The van der Waals surface area contributed by atoms with Crippen LogP contribution in [0.2, 0.25) is 0 Å². The van der Waals surface area contributed by atoms with Crippen LogP contribution in [0.1, 0.15) is 19.4 Å². The third-order valence-electron chi connectivity index (χ3n) is 3.82. The number of anilines is 2. The fourth-order valence-corrected chi connectivity index (χ4v) is 2.50. The summed E-state index contributed by atoms with van der Waals surface area (Å²) in [6, 6.07) is 15.5. The third kappa shape index (κ3) is 4.62. The summed E-state index contributed by atoms with van der Waals surface area (Å²) in [5.41, 5.74) is 2.80. The fourth-order valence-electron chi connectivity index (χ4n) is 2.50. The van der Waals surface area contributed by atoms with Gasteiger partial charge in [-0.2, -0.15) is 0 Å². The molecule has 0 atom stereocenters. The van der Waals surface area contributed by atoms with Crippen molar-refractivity contribution in [1.82, 2.24) is 0 Å². The van der Waals surface area contributed by atoms with Crippen LogP contribution in [-0.4, -0.2) is 26.1 Å². The predicted octanol–water partition coefficient (Wildman–Crippen LogP) is 4.19. The molecule has 0 aromatic heterocycles. The zero-order chi connectivity index (χ0) is 17.4. The normalized spacial score (nSPS) is 10.6. The molecule has 0 bridgehead atoms. The summed E-state index contributed by atoms with van der Waals surface area (Å²) >= 11 is 0. The van der Waals surface area contributed by atoms with E-state index in [1.54, 1.807) is 13.2 Å². The van der Waals surface area contributed by atoms with Crippen LogP contribution in [0, 0.1) is 0 Å². The Kier molecular flexibility index (Phi) is 6.43. The Morgan fingerprint density at radius 2 is 1.75 bits per heavy atom. The number of ether oxygens (including phenoxy) is 1. The molecule has 1 amide bonds. The van der Waals surface area contributed by atoms with E-state index in [0.29, 0.717) is 0 Å². The molecule has 0 aliphatic heterocycles. The molecule has 2 rings (SSSR count). The first-order valence-corrected chi connectivity index (χ1v) is 8.15. The first kappa shape index (κ1) is 17.6. The Bertz CT molecular complexity index is 689. The maximum absolute atomic E-state index is 12.1. The summed E-state index contributed by atoms with van der Waals surface area (Å²) < 4.78 is 5.27.